The van der Waals surface area contributed by atoms with Crippen molar-refractivity contribution in [3.63, 3.8) is 0 Å². The number of benzene rings is 2. The van der Waals surface area contributed by atoms with Crippen molar-refractivity contribution in [3.8, 4) is 35.4 Å². The number of aromatic nitrogens is 3. The Morgan fingerprint density at radius 3 is 2.87 bits per heavy atom. The van der Waals surface area contributed by atoms with E-state index >= 15 is 4.39 Å². The van der Waals surface area contributed by atoms with E-state index in [0.717, 1.165) is 19.4 Å². The van der Waals surface area contributed by atoms with Crippen LogP contribution in [0.2, 0.25) is 0 Å². The molecule has 0 aliphatic carbocycles. The largest absolute Gasteiger partial charge is 0.508 e. The lowest BCUT2D eigenvalue weighted by Gasteiger charge is -2.35. The molecule has 4 aliphatic heterocycles. The molecule has 4 fully saturated rings. The number of nitrogens with zero attached hydrogens (tertiary/aromatic N) is 5. The normalized spacial score (nSPS) is 27.8. The lowest BCUT2D eigenvalue weighted by molar-refractivity contribution is 0.0362. The number of anilines is 1. The monoisotopic (exact) mass is 617 g/mol. The Balaban J connectivity index is 1.28. The predicted octanol–water partition coefficient (Wildman–Crippen LogP) is 3.96. The highest BCUT2D eigenvalue weighted by molar-refractivity contribution is 6.03. The number of halogens is 3. The maximum Gasteiger partial charge on any atom is 0.319 e. The number of terminal acetylenes is 1. The molecule has 0 amide bonds. The van der Waals surface area contributed by atoms with Crippen LogP contribution in [0.25, 0.3) is 32.9 Å². The Labute approximate surface area is 256 Å². The first-order chi connectivity index (χ1) is 21.7. The average Bonchev–Trinajstić information content (AvgIpc) is 3.60. The highest BCUT2D eigenvalue weighted by atomic mass is 19.1. The molecule has 0 radical (unpaired) electrons. The Morgan fingerprint density at radius 1 is 1.18 bits per heavy atom. The number of fused-ring (bicyclic) bond motifs is 5. The number of aromatic hydroxyl groups is 1. The second kappa shape index (κ2) is 10.4. The van der Waals surface area contributed by atoms with Gasteiger partial charge in [0.15, 0.2) is 5.82 Å². The summed E-state index contributed by atoms with van der Waals surface area (Å²) in [6.45, 7) is 2.41. The van der Waals surface area contributed by atoms with Crippen molar-refractivity contribution < 1.29 is 32.9 Å². The maximum absolute atomic E-state index is 16.7. The van der Waals surface area contributed by atoms with Gasteiger partial charge in [-0.1, -0.05) is 12.0 Å². The average molecular weight is 618 g/mol. The standard InChI is InChI=1S/C33H30F3N5O4/c1-2-21-24(35)5-4-17-8-20(42)9-22(26(17)21)28-27(36)29-23(11-37-28)31(40-12-18-15-44-25(14-40)30(18)43)39-32(38-29)45-16-33-6-3-7-41(33)13-19(34)10-33/h1,4-5,8-9,11,18-19,25,30,42-43H,3,6-7,10,12-16H2/t18-,19+,25-,30-,33-/m0/s1. The first kappa shape index (κ1) is 28.3. The Kier molecular flexibility index (Phi) is 6.57. The van der Waals surface area contributed by atoms with Crippen LogP contribution in [-0.4, -0.2) is 93.4 Å². The van der Waals surface area contributed by atoms with Crippen molar-refractivity contribution in [1.82, 2.24) is 19.9 Å². The summed E-state index contributed by atoms with van der Waals surface area (Å²) in [7, 11) is 0. The molecule has 0 spiro atoms. The molecular weight excluding hydrogens is 587 g/mol. The molecule has 45 heavy (non-hydrogen) atoms. The third-order valence-corrected chi connectivity index (χ3v) is 9.87. The van der Waals surface area contributed by atoms with E-state index in [0.29, 0.717) is 49.3 Å². The van der Waals surface area contributed by atoms with Gasteiger partial charge >= 0.3 is 6.01 Å². The van der Waals surface area contributed by atoms with Crippen LogP contribution in [0.1, 0.15) is 24.8 Å². The number of phenols is 1. The van der Waals surface area contributed by atoms with Crippen molar-refractivity contribution in [2.45, 2.75) is 43.2 Å². The van der Waals surface area contributed by atoms with E-state index in [-0.39, 0.29) is 52.0 Å². The zero-order valence-corrected chi connectivity index (χ0v) is 24.2. The van der Waals surface area contributed by atoms with Crippen LogP contribution in [-0.2, 0) is 4.74 Å². The molecule has 5 atom stereocenters. The number of piperidine rings is 1. The molecule has 4 aromatic rings. The fraction of sp³-hybridized carbons (Fsp3) is 0.424. The number of rotatable bonds is 5. The van der Waals surface area contributed by atoms with Crippen LogP contribution in [0, 0.1) is 29.9 Å². The molecule has 2 N–H and O–H groups in total. The summed E-state index contributed by atoms with van der Waals surface area (Å²) >= 11 is 0. The van der Waals surface area contributed by atoms with Crippen LogP contribution in [0.4, 0.5) is 19.0 Å². The highest BCUT2D eigenvalue weighted by Crippen LogP contribution is 2.42. The summed E-state index contributed by atoms with van der Waals surface area (Å²) in [4.78, 5) is 17.7. The van der Waals surface area contributed by atoms with E-state index in [1.165, 1.54) is 30.5 Å². The molecule has 0 saturated carbocycles. The van der Waals surface area contributed by atoms with Crippen molar-refractivity contribution in [2.75, 3.05) is 44.3 Å². The van der Waals surface area contributed by atoms with E-state index in [2.05, 4.69) is 20.8 Å². The predicted molar refractivity (Wildman–Crippen MR) is 160 cm³/mol. The second-order valence-corrected chi connectivity index (χ2v) is 12.6. The van der Waals surface area contributed by atoms with Gasteiger partial charge in [-0.2, -0.15) is 9.97 Å². The molecule has 8 rings (SSSR count). The van der Waals surface area contributed by atoms with Crippen LogP contribution in [0.5, 0.6) is 11.8 Å². The van der Waals surface area contributed by atoms with Gasteiger partial charge in [0.25, 0.3) is 0 Å². The lowest BCUT2D eigenvalue weighted by Crippen LogP contribution is -2.48. The van der Waals surface area contributed by atoms with Crippen LogP contribution >= 0.6 is 0 Å². The molecule has 4 saturated heterocycles. The van der Waals surface area contributed by atoms with Gasteiger partial charge in [-0.25, -0.2) is 13.2 Å². The minimum atomic E-state index is -0.946. The third kappa shape index (κ3) is 4.47. The fourth-order valence-electron chi connectivity index (χ4n) is 7.73. The molecular formula is C33H30F3N5O4. The zero-order valence-electron chi connectivity index (χ0n) is 24.2. The number of aliphatic hydroxyl groups excluding tert-OH is 1. The van der Waals surface area contributed by atoms with Gasteiger partial charge in [-0.3, -0.25) is 9.88 Å². The van der Waals surface area contributed by atoms with Gasteiger partial charge in [-0.05, 0) is 43.0 Å². The summed E-state index contributed by atoms with van der Waals surface area (Å²) in [5, 5.41) is 22.0. The Morgan fingerprint density at radius 2 is 2.04 bits per heavy atom. The zero-order chi connectivity index (χ0) is 31.0. The van der Waals surface area contributed by atoms with Crippen molar-refractivity contribution in [3.05, 3.63) is 47.7 Å². The number of hydrogen-bond donors (Lipinski definition) is 2. The quantitative estimate of drug-likeness (QED) is 0.322. The minimum Gasteiger partial charge on any atom is -0.508 e. The number of pyridine rings is 1. The molecule has 9 nitrogen and oxygen atoms in total. The minimum absolute atomic E-state index is 0.0763. The summed E-state index contributed by atoms with van der Waals surface area (Å²) in [5.41, 5.74) is -0.729. The molecule has 0 unspecified atom stereocenters. The molecule has 2 bridgehead atoms. The smallest absolute Gasteiger partial charge is 0.319 e. The van der Waals surface area contributed by atoms with Gasteiger partial charge in [0.05, 0.1) is 29.2 Å². The molecule has 12 heteroatoms. The molecule has 6 heterocycles. The van der Waals surface area contributed by atoms with Crippen LogP contribution < -0.4 is 9.64 Å². The van der Waals surface area contributed by atoms with E-state index in [1.807, 2.05) is 4.90 Å². The number of hydrogen-bond acceptors (Lipinski definition) is 9. The van der Waals surface area contributed by atoms with Gasteiger partial charge in [-0.15, -0.1) is 6.42 Å². The molecule has 2 aromatic carbocycles. The number of alkyl halides is 1. The summed E-state index contributed by atoms with van der Waals surface area (Å²) < 4.78 is 57.9. The first-order valence-corrected chi connectivity index (χ1v) is 15.1. The second-order valence-electron chi connectivity index (χ2n) is 12.6. The van der Waals surface area contributed by atoms with E-state index in [1.54, 1.807) is 0 Å². The van der Waals surface area contributed by atoms with Crippen LogP contribution in [0.15, 0.2) is 30.5 Å². The fourth-order valence-corrected chi connectivity index (χ4v) is 7.73. The first-order valence-electron chi connectivity index (χ1n) is 15.1. The third-order valence-electron chi connectivity index (χ3n) is 9.87. The van der Waals surface area contributed by atoms with Gasteiger partial charge in [0.1, 0.15) is 47.5 Å². The molecule has 4 aliphatic rings. The number of aliphatic hydroxyl groups is 1. The van der Waals surface area contributed by atoms with Gasteiger partial charge < -0.3 is 24.6 Å². The van der Waals surface area contributed by atoms with Crippen LogP contribution in [0.3, 0.4) is 0 Å². The van der Waals surface area contributed by atoms with Gasteiger partial charge in [0, 0.05) is 49.1 Å². The van der Waals surface area contributed by atoms with E-state index in [4.69, 9.17) is 20.9 Å². The van der Waals surface area contributed by atoms with Gasteiger partial charge in [0.2, 0.25) is 0 Å². The van der Waals surface area contributed by atoms with Crippen molar-refractivity contribution in [1.29, 1.82) is 0 Å². The number of phenolic OH excluding ortho intramolecular Hbond substituents is 1. The Bertz CT molecular complexity index is 1890. The topological polar surface area (TPSA) is 104 Å². The summed E-state index contributed by atoms with van der Waals surface area (Å²) in [5.74, 6) is 0.889. The highest BCUT2D eigenvalue weighted by Gasteiger charge is 2.49. The summed E-state index contributed by atoms with van der Waals surface area (Å²) in [6, 6.07) is 5.29. The summed E-state index contributed by atoms with van der Waals surface area (Å²) in [6.07, 6.45) is 7.16. The SMILES string of the molecule is C#Cc1c(F)ccc2cc(O)cc(-c3ncc4c(N5C[C@H]6CO[C@@H](C5)[C@H]6O)nc(OC[C@@]56CCCN5C[C@H](F)C6)nc4c3F)c12. The molecule has 2 aromatic heterocycles. The lowest BCUT2D eigenvalue weighted by atomic mass is 9.95. The van der Waals surface area contributed by atoms with E-state index in [9.17, 15) is 19.0 Å². The van der Waals surface area contributed by atoms with Crippen molar-refractivity contribution in [2.24, 2.45) is 5.92 Å². The number of ether oxygens (including phenoxy) is 2. The Hall–Kier alpha value is -4.18. The maximum atomic E-state index is 16.7. The van der Waals surface area contributed by atoms with E-state index < -0.39 is 35.6 Å². The molecule has 232 valence electrons. The van der Waals surface area contributed by atoms with Crippen molar-refractivity contribution >= 4 is 27.5 Å².